The molecule has 0 N–H and O–H groups in total. The molecule has 7 rings (SSSR count). The van der Waals surface area contributed by atoms with Gasteiger partial charge in [0.25, 0.3) is 0 Å². The van der Waals surface area contributed by atoms with Crippen LogP contribution in [0, 0.1) is 0 Å². The van der Waals surface area contributed by atoms with E-state index in [0.717, 1.165) is 34.9 Å². The van der Waals surface area contributed by atoms with Crippen molar-refractivity contribution in [2.24, 2.45) is 0 Å². The summed E-state index contributed by atoms with van der Waals surface area (Å²) in [5.74, 6) is 0. The zero-order valence-electron chi connectivity index (χ0n) is 25.1. The number of aryl methyl sites for hydroxylation is 2. The van der Waals surface area contributed by atoms with Crippen LogP contribution in [0.3, 0.4) is 0 Å². The Morgan fingerprint density at radius 3 is 1.40 bits per heavy atom. The largest absolute Gasteiger partial charge is 0.242 e. The molecule has 2 nitrogen and oxygen atoms in total. The molecular weight excluding hydrogens is 581 g/mol. The maximum atomic E-state index is 5.51. The van der Waals surface area contributed by atoms with Gasteiger partial charge in [0.05, 0.1) is 20.8 Å². The Morgan fingerprint density at radius 2 is 0.953 bits per heavy atom. The lowest BCUT2D eigenvalue weighted by Gasteiger charge is -2.09. The van der Waals surface area contributed by atoms with Crippen molar-refractivity contribution in [2.75, 3.05) is 0 Å². The highest BCUT2D eigenvalue weighted by atomic mass is 32.1. The van der Waals surface area contributed by atoms with E-state index >= 15 is 0 Å². The summed E-state index contributed by atoms with van der Waals surface area (Å²) in [6.07, 6.45) is 12.7. The van der Waals surface area contributed by atoms with Crippen molar-refractivity contribution >= 4 is 77.6 Å². The third-order valence-electron chi connectivity index (χ3n) is 8.58. The number of hydrogen-bond acceptors (Lipinski definition) is 5. The summed E-state index contributed by atoms with van der Waals surface area (Å²) in [5.41, 5.74) is 7.01. The van der Waals surface area contributed by atoms with Gasteiger partial charge in [-0.1, -0.05) is 101 Å². The van der Waals surface area contributed by atoms with Crippen molar-refractivity contribution < 1.29 is 0 Å². The number of nitrogens with zero attached hydrogens (tertiary/aromatic N) is 2. The molecule has 4 heterocycles. The van der Waals surface area contributed by atoms with Crippen molar-refractivity contribution in [3.8, 4) is 19.5 Å². The Labute approximate surface area is 266 Å². The number of thiophene rings is 3. The topological polar surface area (TPSA) is 25.8 Å². The molecule has 0 amide bonds. The second kappa shape index (κ2) is 12.9. The van der Waals surface area contributed by atoms with Gasteiger partial charge in [0.1, 0.15) is 11.0 Å². The van der Waals surface area contributed by atoms with Gasteiger partial charge in [-0.25, -0.2) is 9.97 Å². The Balaban J connectivity index is 1.40. The summed E-state index contributed by atoms with van der Waals surface area (Å²) in [6, 6.07) is 22.2. The fourth-order valence-electron chi connectivity index (χ4n) is 6.27. The van der Waals surface area contributed by atoms with Gasteiger partial charge in [-0.2, -0.15) is 0 Å². The molecule has 0 bridgehead atoms. The highest BCUT2D eigenvalue weighted by Gasteiger charge is 2.22. The minimum absolute atomic E-state index is 1.01. The molecule has 0 aliphatic carbocycles. The molecular formula is C38H38N2S3. The number of hydrogen-bond donors (Lipinski definition) is 0. The molecule has 0 atom stereocenters. The second-order valence-corrected chi connectivity index (χ2v) is 14.6. The first-order valence-electron chi connectivity index (χ1n) is 15.9. The number of unbranched alkanes of at least 4 members (excludes halogenated alkanes) is 6. The highest BCUT2D eigenvalue weighted by molar-refractivity contribution is 7.27. The van der Waals surface area contributed by atoms with Crippen LogP contribution in [0.5, 0.6) is 0 Å². The van der Waals surface area contributed by atoms with E-state index < -0.39 is 0 Å². The van der Waals surface area contributed by atoms with Gasteiger partial charge in [-0.05, 0) is 70.5 Å². The Kier molecular flexibility index (Phi) is 8.56. The zero-order valence-corrected chi connectivity index (χ0v) is 27.6. The van der Waals surface area contributed by atoms with Crippen molar-refractivity contribution in [2.45, 2.75) is 78.1 Å². The van der Waals surface area contributed by atoms with Gasteiger partial charge < -0.3 is 0 Å². The van der Waals surface area contributed by atoms with Crippen LogP contribution in [-0.2, 0) is 12.8 Å². The molecule has 7 aromatic rings. The van der Waals surface area contributed by atoms with E-state index in [1.54, 1.807) is 0 Å². The molecule has 3 aromatic carbocycles. The van der Waals surface area contributed by atoms with Crippen LogP contribution in [0.4, 0.5) is 0 Å². The van der Waals surface area contributed by atoms with Crippen LogP contribution in [0.25, 0.3) is 63.1 Å². The SMILES string of the molecule is CCCCCCc1csc(-c2sc(-c3cc(CCCCCC)cs3)c3nc4c5ccccc5c5ccccc5c4nc23)c1. The number of rotatable bonds is 12. The van der Waals surface area contributed by atoms with E-state index in [9.17, 15) is 0 Å². The normalized spacial score (nSPS) is 12.0. The molecule has 0 radical (unpaired) electrons. The van der Waals surface area contributed by atoms with Gasteiger partial charge in [0, 0.05) is 20.5 Å². The summed E-state index contributed by atoms with van der Waals surface area (Å²) in [6.45, 7) is 4.56. The third kappa shape index (κ3) is 5.63. The van der Waals surface area contributed by atoms with Crippen LogP contribution >= 0.6 is 34.0 Å². The van der Waals surface area contributed by atoms with Crippen LogP contribution in [-0.4, -0.2) is 9.97 Å². The van der Waals surface area contributed by atoms with Crippen LogP contribution in [0.2, 0.25) is 0 Å². The Morgan fingerprint density at radius 1 is 0.512 bits per heavy atom. The van der Waals surface area contributed by atoms with E-state index in [1.807, 2.05) is 34.0 Å². The number of fused-ring (bicyclic) bond motifs is 7. The van der Waals surface area contributed by atoms with E-state index in [-0.39, 0.29) is 0 Å². The average Bonchev–Trinajstić information content (AvgIpc) is 3.80. The molecule has 0 saturated heterocycles. The zero-order chi connectivity index (χ0) is 29.2. The number of aromatic nitrogens is 2. The van der Waals surface area contributed by atoms with Crippen LogP contribution in [0.15, 0.2) is 71.4 Å². The minimum atomic E-state index is 1.01. The van der Waals surface area contributed by atoms with Crippen molar-refractivity contribution in [1.82, 2.24) is 9.97 Å². The Bertz CT molecular complexity index is 1880. The molecule has 5 heteroatoms. The first-order valence-corrected chi connectivity index (χ1v) is 18.5. The molecule has 218 valence electrons. The van der Waals surface area contributed by atoms with Gasteiger partial charge >= 0.3 is 0 Å². The predicted molar refractivity (Wildman–Crippen MR) is 192 cm³/mol. The van der Waals surface area contributed by atoms with E-state index in [2.05, 4.69) is 85.3 Å². The molecule has 4 aromatic heterocycles. The van der Waals surface area contributed by atoms with E-state index in [0.29, 0.717) is 0 Å². The average molecular weight is 619 g/mol. The van der Waals surface area contributed by atoms with Gasteiger partial charge in [0.15, 0.2) is 0 Å². The molecule has 0 unspecified atom stereocenters. The van der Waals surface area contributed by atoms with E-state index in [4.69, 9.17) is 9.97 Å². The van der Waals surface area contributed by atoms with E-state index in [1.165, 1.54) is 104 Å². The van der Waals surface area contributed by atoms with Crippen LogP contribution in [0.1, 0.15) is 76.3 Å². The number of benzene rings is 3. The fraction of sp³-hybridized carbons (Fsp3) is 0.316. The first kappa shape index (κ1) is 28.6. The van der Waals surface area contributed by atoms with Gasteiger partial charge in [-0.15, -0.1) is 34.0 Å². The molecule has 0 aliphatic rings. The molecule has 43 heavy (non-hydrogen) atoms. The lowest BCUT2D eigenvalue weighted by molar-refractivity contribution is 0.667. The summed E-state index contributed by atoms with van der Waals surface area (Å²) >= 11 is 5.62. The predicted octanol–water partition coefficient (Wildman–Crippen LogP) is 12.9. The van der Waals surface area contributed by atoms with Crippen molar-refractivity contribution in [3.63, 3.8) is 0 Å². The van der Waals surface area contributed by atoms with Gasteiger partial charge in [0.2, 0.25) is 0 Å². The maximum Gasteiger partial charge on any atom is 0.110 e. The molecule has 0 saturated carbocycles. The molecule has 0 spiro atoms. The summed E-state index contributed by atoms with van der Waals surface area (Å²) < 4.78 is 0. The minimum Gasteiger partial charge on any atom is -0.242 e. The molecule has 0 fully saturated rings. The molecule has 0 aliphatic heterocycles. The Hall–Kier alpha value is -3.12. The lowest BCUT2D eigenvalue weighted by atomic mass is 9.99. The van der Waals surface area contributed by atoms with Gasteiger partial charge in [-0.3, -0.25) is 0 Å². The third-order valence-corrected chi connectivity index (χ3v) is 12.1. The van der Waals surface area contributed by atoms with Crippen LogP contribution < -0.4 is 0 Å². The van der Waals surface area contributed by atoms with Crippen molar-refractivity contribution in [1.29, 1.82) is 0 Å². The summed E-state index contributed by atoms with van der Waals surface area (Å²) in [5, 5.41) is 9.57. The maximum absolute atomic E-state index is 5.51. The highest BCUT2D eigenvalue weighted by Crippen LogP contribution is 2.47. The second-order valence-electron chi connectivity index (χ2n) is 11.7. The smallest absolute Gasteiger partial charge is 0.110 e. The quantitative estimate of drug-likeness (QED) is 0.101. The standard InChI is InChI=1S/C38H38N2S3/c1-3-5-7-9-15-25-21-31(41-23-25)37-35-36(38(43-37)32-22-26(24-42-32)16-10-8-6-4-2)40-34-30-20-14-12-18-28(30)27-17-11-13-19-29(27)33(34)39-35/h11-14,17-24H,3-10,15-16H2,1-2H3. The summed E-state index contributed by atoms with van der Waals surface area (Å²) in [7, 11) is 0. The fourth-order valence-corrected chi connectivity index (χ4v) is 9.59. The van der Waals surface area contributed by atoms with Crippen molar-refractivity contribution in [3.05, 3.63) is 82.6 Å². The monoisotopic (exact) mass is 618 g/mol. The summed E-state index contributed by atoms with van der Waals surface area (Å²) in [4.78, 5) is 16.2. The first-order chi connectivity index (χ1) is 21.2. The lowest BCUT2D eigenvalue weighted by Crippen LogP contribution is -1.91.